The first-order valence-electron chi connectivity index (χ1n) is 4.39. The Morgan fingerprint density at radius 2 is 1.93 bits per heavy atom. The molecule has 72 valence electrons. The van der Waals surface area contributed by atoms with Crippen molar-refractivity contribution in [2.45, 2.75) is 19.4 Å². The van der Waals surface area contributed by atoms with Crippen LogP contribution in [0.4, 0.5) is 0 Å². The van der Waals surface area contributed by atoms with E-state index in [1.165, 1.54) is 0 Å². The lowest BCUT2D eigenvalue weighted by Crippen LogP contribution is -2.19. The van der Waals surface area contributed by atoms with Gasteiger partial charge in [-0.05, 0) is 25.3 Å². The minimum absolute atomic E-state index is 0.139. The average Bonchev–Trinajstić information content (AvgIpc) is 2.18. The van der Waals surface area contributed by atoms with E-state index in [0.29, 0.717) is 5.82 Å². The SMILES string of the molecule is CC1(C)C=CSC(c2ncccn2)=N1. The van der Waals surface area contributed by atoms with E-state index < -0.39 is 0 Å². The highest BCUT2D eigenvalue weighted by molar-refractivity contribution is 8.16. The van der Waals surface area contributed by atoms with Gasteiger partial charge in [0.1, 0.15) is 5.04 Å². The Balaban J connectivity index is 2.33. The third-order valence-electron chi connectivity index (χ3n) is 1.80. The van der Waals surface area contributed by atoms with E-state index in [1.54, 1.807) is 30.2 Å². The molecule has 0 unspecified atom stereocenters. The molecule has 0 radical (unpaired) electrons. The molecule has 2 heterocycles. The molecule has 1 aliphatic heterocycles. The molecule has 0 fully saturated rings. The smallest absolute Gasteiger partial charge is 0.184 e. The van der Waals surface area contributed by atoms with E-state index in [0.717, 1.165) is 5.04 Å². The van der Waals surface area contributed by atoms with Crippen LogP contribution in [-0.4, -0.2) is 20.6 Å². The topological polar surface area (TPSA) is 38.1 Å². The number of thioether (sulfide) groups is 1. The predicted octanol–water partition coefficient (Wildman–Crippen LogP) is 2.26. The van der Waals surface area contributed by atoms with Crippen LogP contribution >= 0.6 is 11.8 Å². The molecule has 1 aliphatic rings. The number of rotatable bonds is 1. The van der Waals surface area contributed by atoms with E-state index in [-0.39, 0.29) is 5.54 Å². The second kappa shape index (κ2) is 3.53. The van der Waals surface area contributed by atoms with Gasteiger partial charge in [0.25, 0.3) is 0 Å². The number of nitrogens with zero attached hydrogens (tertiary/aromatic N) is 3. The van der Waals surface area contributed by atoms with E-state index >= 15 is 0 Å². The van der Waals surface area contributed by atoms with Crippen molar-refractivity contribution in [1.29, 1.82) is 0 Å². The molecule has 0 aromatic carbocycles. The Kier molecular flexibility index (Phi) is 2.37. The van der Waals surface area contributed by atoms with Crippen molar-refractivity contribution in [3.63, 3.8) is 0 Å². The summed E-state index contributed by atoms with van der Waals surface area (Å²) in [6, 6.07) is 1.80. The number of hydrogen-bond donors (Lipinski definition) is 0. The largest absolute Gasteiger partial charge is 0.264 e. The van der Waals surface area contributed by atoms with Gasteiger partial charge >= 0.3 is 0 Å². The van der Waals surface area contributed by atoms with Gasteiger partial charge in [-0.25, -0.2) is 9.97 Å². The van der Waals surface area contributed by atoms with E-state index in [1.807, 2.05) is 5.41 Å². The number of aliphatic imine (C=N–C) groups is 1. The third-order valence-corrected chi connectivity index (χ3v) is 2.57. The summed E-state index contributed by atoms with van der Waals surface area (Å²) in [7, 11) is 0. The van der Waals surface area contributed by atoms with Gasteiger partial charge in [0, 0.05) is 12.4 Å². The summed E-state index contributed by atoms with van der Waals surface area (Å²) in [5.74, 6) is 0.704. The van der Waals surface area contributed by atoms with Gasteiger partial charge in [0.15, 0.2) is 5.82 Å². The van der Waals surface area contributed by atoms with Crippen LogP contribution in [-0.2, 0) is 0 Å². The summed E-state index contributed by atoms with van der Waals surface area (Å²) in [5.41, 5.74) is -0.139. The normalized spacial score (nSPS) is 19.1. The summed E-state index contributed by atoms with van der Waals surface area (Å²) >= 11 is 1.56. The molecule has 0 atom stereocenters. The molecular formula is C10H11N3S. The van der Waals surface area contributed by atoms with Crippen molar-refractivity contribution >= 4 is 16.8 Å². The van der Waals surface area contributed by atoms with Gasteiger partial charge in [-0.1, -0.05) is 17.8 Å². The van der Waals surface area contributed by atoms with Gasteiger partial charge < -0.3 is 0 Å². The molecule has 1 aromatic heterocycles. The van der Waals surface area contributed by atoms with Crippen molar-refractivity contribution in [3.8, 4) is 0 Å². The first-order chi connectivity index (χ1) is 6.67. The summed E-state index contributed by atoms with van der Waals surface area (Å²) in [4.78, 5) is 12.9. The van der Waals surface area contributed by atoms with Crippen LogP contribution < -0.4 is 0 Å². The van der Waals surface area contributed by atoms with Gasteiger partial charge in [-0.3, -0.25) is 4.99 Å². The van der Waals surface area contributed by atoms with E-state index in [9.17, 15) is 0 Å². The number of hydrogen-bond acceptors (Lipinski definition) is 4. The molecule has 0 bridgehead atoms. The lowest BCUT2D eigenvalue weighted by Gasteiger charge is -2.19. The third kappa shape index (κ3) is 2.01. The van der Waals surface area contributed by atoms with E-state index in [4.69, 9.17) is 0 Å². The minimum Gasteiger partial charge on any atom is -0.264 e. The Morgan fingerprint density at radius 3 is 2.57 bits per heavy atom. The fraction of sp³-hybridized carbons (Fsp3) is 0.300. The fourth-order valence-electron chi connectivity index (χ4n) is 1.10. The summed E-state index contributed by atoms with van der Waals surface area (Å²) in [6.07, 6.45) is 5.54. The Bertz CT molecular complexity index is 382. The van der Waals surface area contributed by atoms with Crippen LogP contribution in [0.2, 0.25) is 0 Å². The molecule has 0 amide bonds. The van der Waals surface area contributed by atoms with Crippen molar-refractivity contribution in [1.82, 2.24) is 9.97 Å². The molecule has 0 spiro atoms. The summed E-state index contributed by atoms with van der Waals surface area (Å²) < 4.78 is 0. The van der Waals surface area contributed by atoms with Crippen LogP contribution in [0.15, 0.2) is 34.9 Å². The van der Waals surface area contributed by atoms with Crippen LogP contribution in [0.25, 0.3) is 0 Å². The lowest BCUT2D eigenvalue weighted by molar-refractivity contribution is 0.659. The first kappa shape index (κ1) is 9.40. The molecule has 1 aromatic rings. The maximum Gasteiger partial charge on any atom is 0.184 e. The molecule has 14 heavy (non-hydrogen) atoms. The molecule has 2 rings (SSSR count). The summed E-state index contributed by atoms with van der Waals surface area (Å²) in [5, 5.41) is 2.93. The maximum absolute atomic E-state index is 4.55. The van der Waals surface area contributed by atoms with Crippen molar-refractivity contribution < 1.29 is 0 Å². The highest BCUT2D eigenvalue weighted by atomic mass is 32.2. The van der Waals surface area contributed by atoms with Gasteiger partial charge in [-0.2, -0.15) is 0 Å². The predicted molar refractivity (Wildman–Crippen MR) is 59.4 cm³/mol. The van der Waals surface area contributed by atoms with Gasteiger partial charge in [-0.15, -0.1) is 0 Å². The van der Waals surface area contributed by atoms with E-state index in [2.05, 4.69) is 34.9 Å². The molecule has 0 N–H and O–H groups in total. The van der Waals surface area contributed by atoms with Crippen molar-refractivity contribution in [3.05, 3.63) is 35.8 Å². The highest BCUT2D eigenvalue weighted by Crippen LogP contribution is 2.24. The Hall–Kier alpha value is -1.16. The zero-order valence-electron chi connectivity index (χ0n) is 8.14. The first-order valence-corrected chi connectivity index (χ1v) is 5.27. The lowest BCUT2D eigenvalue weighted by atomic mass is 10.1. The van der Waals surface area contributed by atoms with Crippen LogP contribution in [0.5, 0.6) is 0 Å². The zero-order chi connectivity index (χ0) is 10.0. The highest BCUT2D eigenvalue weighted by Gasteiger charge is 2.19. The average molecular weight is 205 g/mol. The zero-order valence-corrected chi connectivity index (χ0v) is 8.95. The standard InChI is InChI=1S/C10H11N3S/c1-10(2)4-7-14-9(13-10)8-11-5-3-6-12-8/h3-7H,1-2H3. The molecular weight excluding hydrogens is 194 g/mol. The maximum atomic E-state index is 4.55. The monoisotopic (exact) mass is 205 g/mol. The van der Waals surface area contributed by atoms with Crippen LogP contribution in [0.3, 0.4) is 0 Å². The molecule has 0 aliphatic carbocycles. The summed E-state index contributed by atoms with van der Waals surface area (Å²) in [6.45, 7) is 4.12. The number of aromatic nitrogens is 2. The molecule has 3 nitrogen and oxygen atoms in total. The fourth-order valence-corrected chi connectivity index (χ4v) is 2.13. The Labute approximate surface area is 87.4 Å². The molecule has 0 saturated carbocycles. The molecule has 4 heteroatoms. The quantitative estimate of drug-likeness (QED) is 0.705. The van der Waals surface area contributed by atoms with Crippen LogP contribution in [0, 0.1) is 0 Å². The van der Waals surface area contributed by atoms with Crippen molar-refractivity contribution in [2.24, 2.45) is 4.99 Å². The second-order valence-electron chi connectivity index (χ2n) is 3.56. The van der Waals surface area contributed by atoms with Gasteiger partial charge in [0.2, 0.25) is 0 Å². The van der Waals surface area contributed by atoms with Crippen molar-refractivity contribution in [2.75, 3.05) is 0 Å². The second-order valence-corrected chi connectivity index (χ2v) is 4.46. The van der Waals surface area contributed by atoms with Gasteiger partial charge in [0.05, 0.1) is 5.54 Å². The molecule has 0 saturated heterocycles. The van der Waals surface area contributed by atoms with Crippen LogP contribution in [0.1, 0.15) is 19.7 Å². The Morgan fingerprint density at radius 1 is 1.21 bits per heavy atom. The minimum atomic E-state index is -0.139.